The molecule has 4 rings (SSSR count). The van der Waals surface area contributed by atoms with Crippen LogP contribution < -0.4 is 9.75 Å². The SMILES string of the molecule is CC(C)OC(=O)N1CCC(Oc2cc(N(c3ccccc3)N3CCCCC3)ncn2)CC1. The van der Waals surface area contributed by atoms with Crippen molar-refractivity contribution in [2.24, 2.45) is 0 Å². The minimum atomic E-state index is -0.247. The molecule has 2 fully saturated rings. The summed E-state index contributed by atoms with van der Waals surface area (Å²) >= 11 is 0. The number of hydrogen-bond acceptors (Lipinski definition) is 7. The summed E-state index contributed by atoms with van der Waals surface area (Å²) in [6.07, 6.45) is 6.35. The van der Waals surface area contributed by atoms with Crippen molar-refractivity contribution >= 4 is 17.6 Å². The molecule has 0 aliphatic carbocycles. The maximum atomic E-state index is 12.1. The second kappa shape index (κ2) is 10.6. The number of ether oxygens (including phenoxy) is 2. The lowest BCUT2D eigenvalue weighted by atomic mass is 10.1. The van der Waals surface area contributed by atoms with Crippen molar-refractivity contribution in [1.82, 2.24) is 19.9 Å². The highest BCUT2D eigenvalue weighted by atomic mass is 16.6. The van der Waals surface area contributed by atoms with E-state index in [2.05, 4.69) is 32.1 Å². The highest BCUT2D eigenvalue weighted by Crippen LogP contribution is 2.30. The van der Waals surface area contributed by atoms with Crippen LogP contribution in [-0.4, -0.2) is 64.4 Å². The highest BCUT2D eigenvalue weighted by molar-refractivity contribution is 5.67. The minimum absolute atomic E-state index is 0.0148. The summed E-state index contributed by atoms with van der Waals surface area (Å²) < 4.78 is 11.5. The quantitative estimate of drug-likeness (QED) is 0.660. The van der Waals surface area contributed by atoms with E-state index in [-0.39, 0.29) is 18.3 Å². The van der Waals surface area contributed by atoms with Crippen LogP contribution in [0.1, 0.15) is 46.0 Å². The van der Waals surface area contributed by atoms with E-state index in [1.807, 2.05) is 38.1 Å². The van der Waals surface area contributed by atoms with E-state index in [1.165, 1.54) is 19.3 Å². The number of carbonyl (C=O) groups excluding carboxylic acids is 1. The minimum Gasteiger partial charge on any atom is -0.474 e. The van der Waals surface area contributed by atoms with E-state index in [9.17, 15) is 4.79 Å². The molecule has 0 radical (unpaired) electrons. The number of benzene rings is 1. The van der Waals surface area contributed by atoms with E-state index >= 15 is 0 Å². The predicted molar refractivity (Wildman–Crippen MR) is 123 cm³/mol. The van der Waals surface area contributed by atoms with Crippen LogP contribution >= 0.6 is 0 Å². The molecule has 0 bridgehead atoms. The normalized spacial score (nSPS) is 17.9. The number of nitrogens with zero attached hydrogens (tertiary/aromatic N) is 5. The fraction of sp³-hybridized carbons (Fsp3) is 0.542. The lowest BCUT2D eigenvalue weighted by Crippen LogP contribution is -2.43. The summed E-state index contributed by atoms with van der Waals surface area (Å²) in [5.41, 5.74) is 1.08. The van der Waals surface area contributed by atoms with E-state index in [1.54, 1.807) is 11.2 Å². The van der Waals surface area contributed by atoms with Crippen LogP contribution in [0.5, 0.6) is 5.88 Å². The molecule has 1 aromatic carbocycles. The average molecular weight is 440 g/mol. The first-order valence-corrected chi connectivity index (χ1v) is 11.6. The summed E-state index contributed by atoms with van der Waals surface area (Å²) in [5.74, 6) is 1.37. The van der Waals surface area contributed by atoms with Gasteiger partial charge in [0.05, 0.1) is 11.8 Å². The second-order valence-corrected chi connectivity index (χ2v) is 8.61. The zero-order valence-electron chi connectivity index (χ0n) is 19.0. The molecule has 1 aromatic heterocycles. The van der Waals surface area contributed by atoms with Crippen LogP contribution in [0.15, 0.2) is 42.7 Å². The summed E-state index contributed by atoms with van der Waals surface area (Å²) in [6.45, 7) is 6.97. The number of para-hydroxylation sites is 1. The van der Waals surface area contributed by atoms with Gasteiger partial charge < -0.3 is 14.4 Å². The largest absolute Gasteiger partial charge is 0.474 e. The smallest absolute Gasteiger partial charge is 0.410 e. The van der Waals surface area contributed by atoms with Crippen molar-refractivity contribution in [3.63, 3.8) is 0 Å². The van der Waals surface area contributed by atoms with Gasteiger partial charge in [-0.2, -0.15) is 0 Å². The third-order valence-corrected chi connectivity index (χ3v) is 5.78. The first-order valence-electron chi connectivity index (χ1n) is 11.6. The Morgan fingerprint density at radius 3 is 2.44 bits per heavy atom. The molecule has 0 unspecified atom stereocenters. The van der Waals surface area contributed by atoms with Crippen molar-refractivity contribution in [2.45, 2.75) is 58.2 Å². The van der Waals surface area contributed by atoms with E-state index in [4.69, 9.17) is 9.47 Å². The molecular formula is C24H33N5O3. The predicted octanol–water partition coefficient (Wildman–Crippen LogP) is 4.40. The van der Waals surface area contributed by atoms with Crippen molar-refractivity contribution < 1.29 is 14.3 Å². The van der Waals surface area contributed by atoms with Gasteiger partial charge in [-0.3, -0.25) is 5.01 Å². The molecule has 0 N–H and O–H groups in total. The maximum absolute atomic E-state index is 12.1. The van der Waals surface area contributed by atoms with Gasteiger partial charge in [-0.25, -0.2) is 19.8 Å². The average Bonchev–Trinajstić information content (AvgIpc) is 2.81. The molecule has 0 atom stereocenters. The van der Waals surface area contributed by atoms with Gasteiger partial charge in [-0.1, -0.05) is 24.6 Å². The van der Waals surface area contributed by atoms with Gasteiger partial charge in [0, 0.05) is 45.1 Å². The van der Waals surface area contributed by atoms with Crippen LogP contribution in [0, 0.1) is 0 Å². The number of hydrazine groups is 1. The third-order valence-electron chi connectivity index (χ3n) is 5.78. The van der Waals surface area contributed by atoms with Crippen molar-refractivity contribution in [3.05, 3.63) is 42.7 Å². The Morgan fingerprint density at radius 2 is 1.75 bits per heavy atom. The Labute approximate surface area is 190 Å². The first kappa shape index (κ1) is 22.3. The Morgan fingerprint density at radius 1 is 1.03 bits per heavy atom. The molecule has 0 saturated carbocycles. The van der Waals surface area contributed by atoms with Gasteiger partial charge in [0.25, 0.3) is 0 Å². The molecule has 2 aliphatic heterocycles. The fourth-order valence-corrected chi connectivity index (χ4v) is 4.20. The first-order chi connectivity index (χ1) is 15.6. The Bertz CT molecular complexity index is 865. The van der Waals surface area contributed by atoms with Crippen LogP contribution in [-0.2, 0) is 4.74 Å². The van der Waals surface area contributed by atoms with E-state index in [0.29, 0.717) is 19.0 Å². The number of aromatic nitrogens is 2. The van der Waals surface area contributed by atoms with Gasteiger partial charge in [-0.05, 0) is 38.8 Å². The van der Waals surface area contributed by atoms with Crippen molar-refractivity contribution in [3.8, 4) is 5.88 Å². The summed E-state index contributed by atoms with van der Waals surface area (Å²) in [7, 11) is 0. The molecule has 2 aromatic rings. The number of likely N-dealkylation sites (tertiary alicyclic amines) is 1. The fourth-order valence-electron chi connectivity index (χ4n) is 4.20. The van der Waals surface area contributed by atoms with Gasteiger partial charge >= 0.3 is 6.09 Å². The zero-order chi connectivity index (χ0) is 22.3. The van der Waals surface area contributed by atoms with Crippen molar-refractivity contribution in [2.75, 3.05) is 31.2 Å². The number of hydrogen-bond donors (Lipinski definition) is 0. The molecule has 2 saturated heterocycles. The molecule has 0 spiro atoms. The summed E-state index contributed by atoms with van der Waals surface area (Å²) in [5, 5.41) is 4.53. The Hall–Kier alpha value is -2.87. The molecule has 3 heterocycles. The van der Waals surface area contributed by atoms with E-state index in [0.717, 1.165) is 37.4 Å². The van der Waals surface area contributed by atoms with Gasteiger partial charge in [0.15, 0.2) is 5.82 Å². The Kier molecular flexibility index (Phi) is 7.42. The lowest BCUT2D eigenvalue weighted by Gasteiger charge is -2.38. The number of piperidine rings is 2. The zero-order valence-corrected chi connectivity index (χ0v) is 19.0. The summed E-state index contributed by atoms with van der Waals surface area (Å²) in [4.78, 5) is 22.8. The highest BCUT2D eigenvalue weighted by Gasteiger charge is 2.27. The summed E-state index contributed by atoms with van der Waals surface area (Å²) in [6, 6.07) is 12.2. The third kappa shape index (κ3) is 5.68. The van der Waals surface area contributed by atoms with Gasteiger partial charge in [-0.15, -0.1) is 0 Å². The molecule has 1 amide bonds. The second-order valence-electron chi connectivity index (χ2n) is 8.61. The number of amides is 1. The monoisotopic (exact) mass is 439 g/mol. The van der Waals surface area contributed by atoms with Crippen LogP contribution in [0.4, 0.5) is 16.3 Å². The number of anilines is 2. The molecule has 32 heavy (non-hydrogen) atoms. The van der Waals surface area contributed by atoms with Crippen molar-refractivity contribution in [1.29, 1.82) is 0 Å². The van der Waals surface area contributed by atoms with Crippen LogP contribution in [0.2, 0.25) is 0 Å². The number of rotatable bonds is 6. The van der Waals surface area contributed by atoms with Gasteiger partial charge in [0.2, 0.25) is 5.88 Å². The molecule has 8 nitrogen and oxygen atoms in total. The van der Waals surface area contributed by atoms with E-state index < -0.39 is 0 Å². The molecule has 8 heteroatoms. The molecule has 2 aliphatic rings. The Balaban J connectivity index is 1.44. The van der Waals surface area contributed by atoms with Crippen LogP contribution in [0.3, 0.4) is 0 Å². The molecular weight excluding hydrogens is 406 g/mol. The maximum Gasteiger partial charge on any atom is 0.410 e. The molecule has 172 valence electrons. The topological polar surface area (TPSA) is 71.0 Å². The van der Waals surface area contributed by atoms with Crippen LogP contribution in [0.25, 0.3) is 0 Å². The van der Waals surface area contributed by atoms with Gasteiger partial charge in [0.1, 0.15) is 12.4 Å². The number of carbonyl (C=O) groups is 1. The standard InChI is InChI=1S/C24H33N5O3/c1-19(2)31-24(30)27-15-11-21(12-16-27)32-23-17-22(25-18-26-23)29(20-9-5-3-6-10-20)28-13-7-4-8-14-28/h3,5-6,9-10,17-19,21H,4,7-8,11-16H2,1-2H3. The lowest BCUT2D eigenvalue weighted by molar-refractivity contribution is 0.0507.